The monoisotopic (exact) mass is 366 g/mol. The van der Waals surface area contributed by atoms with Gasteiger partial charge in [0.2, 0.25) is 0 Å². The molecule has 2 aromatic rings. The minimum Gasteiger partial charge on any atom is -0.488 e. The molecule has 3 nitrogen and oxygen atoms in total. The molecule has 0 saturated heterocycles. The maximum Gasteiger partial charge on any atom is 0.328 e. The molecule has 21 heavy (non-hydrogen) atoms. The first-order valence-electron chi connectivity index (χ1n) is 6.13. The second kappa shape index (κ2) is 7.29. The van der Waals surface area contributed by atoms with E-state index in [2.05, 4.69) is 15.9 Å². The Morgan fingerprint density at radius 2 is 2.05 bits per heavy atom. The molecule has 0 amide bonds. The summed E-state index contributed by atoms with van der Waals surface area (Å²) in [4.78, 5) is 10.6. The summed E-state index contributed by atoms with van der Waals surface area (Å²) in [5.74, 6) is -0.445. The van der Waals surface area contributed by atoms with Crippen molar-refractivity contribution in [1.82, 2.24) is 0 Å². The van der Waals surface area contributed by atoms with Gasteiger partial charge in [0.25, 0.3) is 0 Å². The lowest BCUT2D eigenvalue weighted by Gasteiger charge is -2.10. The number of carbonyl (C=O) groups is 1. The Balaban J connectivity index is 2.20. The molecule has 0 aromatic heterocycles. The highest BCUT2D eigenvalue weighted by Gasteiger charge is 2.05. The summed E-state index contributed by atoms with van der Waals surface area (Å²) in [6, 6.07) is 12.8. The van der Waals surface area contributed by atoms with Gasteiger partial charge in [-0.05, 0) is 30.3 Å². The summed E-state index contributed by atoms with van der Waals surface area (Å²) in [5, 5.41) is 9.23. The lowest BCUT2D eigenvalue weighted by Crippen LogP contribution is -1.98. The predicted octanol–water partition coefficient (Wildman–Crippen LogP) is 4.78. The van der Waals surface area contributed by atoms with Crippen molar-refractivity contribution in [3.05, 3.63) is 69.2 Å². The molecule has 0 aliphatic rings. The highest BCUT2D eigenvalue weighted by molar-refractivity contribution is 9.10. The summed E-state index contributed by atoms with van der Waals surface area (Å²) >= 11 is 9.39. The summed E-state index contributed by atoms with van der Waals surface area (Å²) in [5.41, 5.74) is 1.62. The summed E-state index contributed by atoms with van der Waals surface area (Å²) in [7, 11) is 0. The third kappa shape index (κ3) is 4.62. The van der Waals surface area contributed by atoms with Gasteiger partial charge in [0.1, 0.15) is 12.4 Å². The molecule has 0 aliphatic carbocycles. The van der Waals surface area contributed by atoms with Crippen molar-refractivity contribution in [2.75, 3.05) is 0 Å². The van der Waals surface area contributed by atoms with E-state index >= 15 is 0 Å². The zero-order chi connectivity index (χ0) is 15.2. The summed E-state index contributed by atoms with van der Waals surface area (Å²) in [6.07, 6.45) is 2.51. The van der Waals surface area contributed by atoms with E-state index in [4.69, 9.17) is 21.4 Å². The molecule has 108 valence electrons. The second-order valence-electron chi connectivity index (χ2n) is 4.23. The number of aliphatic carboxylic acids is 1. The van der Waals surface area contributed by atoms with E-state index in [1.54, 1.807) is 18.2 Å². The van der Waals surface area contributed by atoms with Crippen LogP contribution < -0.4 is 4.74 Å². The van der Waals surface area contributed by atoms with Crippen LogP contribution in [0.4, 0.5) is 0 Å². The molecule has 0 bridgehead atoms. The number of halogens is 2. The Hall–Kier alpha value is -1.78. The molecule has 2 aromatic carbocycles. The van der Waals surface area contributed by atoms with E-state index < -0.39 is 5.97 Å². The van der Waals surface area contributed by atoms with Gasteiger partial charge in [0, 0.05) is 26.7 Å². The van der Waals surface area contributed by atoms with E-state index in [1.165, 1.54) is 6.08 Å². The molecule has 0 spiro atoms. The largest absolute Gasteiger partial charge is 0.488 e. The number of hydrogen-bond donors (Lipinski definition) is 1. The van der Waals surface area contributed by atoms with Gasteiger partial charge in [-0.2, -0.15) is 0 Å². The summed E-state index contributed by atoms with van der Waals surface area (Å²) < 4.78 is 6.72. The van der Waals surface area contributed by atoms with E-state index in [1.807, 2.05) is 24.3 Å². The summed E-state index contributed by atoms with van der Waals surface area (Å²) in [6.45, 7) is 0.372. The van der Waals surface area contributed by atoms with Crippen LogP contribution in [0.3, 0.4) is 0 Å². The fourth-order valence-electron chi connectivity index (χ4n) is 1.71. The average Bonchev–Trinajstić information content (AvgIpc) is 2.45. The van der Waals surface area contributed by atoms with Crippen LogP contribution in [0.1, 0.15) is 11.1 Å². The van der Waals surface area contributed by atoms with Gasteiger partial charge in [-0.1, -0.05) is 45.7 Å². The number of carboxylic acids is 1. The smallest absolute Gasteiger partial charge is 0.328 e. The molecule has 2 rings (SSSR count). The van der Waals surface area contributed by atoms with Crippen molar-refractivity contribution >= 4 is 39.6 Å². The van der Waals surface area contributed by atoms with Crippen LogP contribution in [0.5, 0.6) is 5.75 Å². The molecule has 5 heteroatoms. The van der Waals surface area contributed by atoms with Crippen molar-refractivity contribution in [3.63, 3.8) is 0 Å². The Morgan fingerprint density at radius 3 is 2.76 bits per heavy atom. The van der Waals surface area contributed by atoms with Crippen LogP contribution >= 0.6 is 27.5 Å². The van der Waals surface area contributed by atoms with Gasteiger partial charge >= 0.3 is 5.97 Å². The predicted molar refractivity (Wildman–Crippen MR) is 86.6 cm³/mol. The minimum atomic E-state index is -1.02. The number of benzene rings is 2. The van der Waals surface area contributed by atoms with Gasteiger partial charge in [0.15, 0.2) is 0 Å². The maximum atomic E-state index is 10.6. The van der Waals surface area contributed by atoms with E-state index in [-0.39, 0.29) is 0 Å². The van der Waals surface area contributed by atoms with Gasteiger partial charge in [-0.15, -0.1) is 0 Å². The molecule has 0 atom stereocenters. The highest BCUT2D eigenvalue weighted by Crippen LogP contribution is 2.26. The number of ether oxygens (including phenoxy) is 1. The fraction of sp³-hybridized carbons (Fsp3) is 0.0625. The quantitative estimate of drug-likeness (QED) is 0.774. The number of carboxylic acid groups (broad SMARTS) is 1. The Kier molecular flexibility index (Phi) is 5.42. The van der Waals surface area contributed by atoms with Crippen LogP contribution in [0, 0.1) is 0 Å². The molecule has 0 saturated carbocycles. The van der Waals surface area contributed by atoms with Gasteiger partial charge in [-0.3, -0.25) is 0 Å². The van der Waals surface area contributed by atoms with Crippen LogP contribution in [0.25, 0.3) is 6.08 Å². The first-order chi connectivity index (χ1) is 10.1. The SMILES string of the molecule is O=C(O)C=Cc1cc(Cl)ccc1OCc1ccccc1Br. The Morgan fingerprint density at radius 1 is 1.29 bits per heavy atom. The first kappa shape index (κ1) is 15.6. The standard InChI is InChI=1S/C16H12BrClO3/c17-14-4-2-1-3-12(14)10-21-15-7-6-13(18)9-11(15)5-8-16(19)20/h1-9H,10H2,(H,19,20). The van der Waals surface area contributed by atoms with Crippen molar-refractivity contribution in [1.29, 1.82) is 0 Å². The van der Waals surface area contributed by atoms with Gasteiger partial charge in [-0.25, -0.2) is 4.79 Å². The first-order valence-corrected chi connectivity index (χ1v) is 7.30. The number of hydrogen-bond acceptors (Lipinski definition) is 2. The van der Waals surface area contributed by atoms with Crippen molar-refractivity contribution in [2.24, 2.45) is 0 Å². The molecule has 0 unspecified atom stereocenters. The fourth-order valence-corrected chi connectivity index (χ4v) is 2.29. The Bertz CT molecular complexity index is 683. The maximum absolute atomic E-state index is 10.6. The Labute approximate surface area is 135 Å². The van der Waals surface area contributed by atoms with Crippen LogP contribution in [0.15, 0.2) is 53.0 Å². The molecule has 0 radical (unpaired) electrons. The molecule has 0 heterocycles. The molecular weight excluding hydrogens is 356 g/mol. The molecule has 0 fully saturated rings. The zero-order valence-electron chi connectivity index (χ0n) is 10.9. The van der Waals surface area contributed by atoms with Crippen molar-refractivity contribution in [2.45, 2.75) is 6.61 Å². The van der Waals surface area contributed by atoms with E-state index in [0.717, 1.165) is 16.1 Å². The van der Waals surface area contributed by atoms with E-state index in [0.29, 0.717) is 22.9 Å². The second-order valence-corrected chi connectivity index (χ2v) is 5.52. The van der Waals surface area contributed by atoms with Gasteiger partial charge < -0.3 is 9.84 Å². The molecule has 1 N–H and O–H groups in total. The third-order valence-corrected chi connectivity index (χ3v) is 3.73. The normalized spacial score (nSPS) is 10.8. The third-order valence-electron chi connectivity index (χ3n) is 2.72. The van der Waals surface area contributed by atoms with Crippen molar-refractivity contribution < 1.29 is 14.6 Å². The number of rotatable bonds is 5. The minimum absolute atomic E-state index is 0.372. The topological polar surface area (TPSA) is 46.5 Å². The lowest BCUT2D eigenvalue weighted by atomic mass is 10.2. The van der Waals surface area contributed by atoms with Crippen LogP contribution in [0.2, 0.25) is 5.02 Å². The van der Waals surface area contributed by atoms with E-state index in [9.17, 15) is 4.79 Å². The lowest BCUT2D eigenvalue weighted by molar-refractivity contribution is -0.131. The van der Waals surface area contributed by atoms with Crippen molar-refractivity contribution in [3.8, 4) is 5.75 Å². The molecular formula is C16H12BrClO3. The van der Waals surface area contributed by atoms with Gasteiger partial charge in [0.05, 0.1) is 0 Å². The zero-order valence-corrected chi connectivity index (χ0v) is 13.3. The van der Waals surface area contributed by atoms with Crippen LogP contribution in [-0.4, -0.2) is 11.1 Å². The van der Waals surface area contributed by atoms with Crippen LogP contribution in [-0.2, 0) is 11.4 Å². The average molecular weight is 368 g/mol. The molecule has 0 aliphatic heterocycles. The highest BCUT2D eigenvalue weighted by atomic mass is 79.9.